The summed E-state index contributed by atoms with van der Waals surface area (Å²) in [5, 5.41) is 14.1. The standard InChI is InChI=1S/C15H30N4O4/c1-10(2)6-7-13(21)18-11(5-3-4-8-16)15(23)19-12(9-20)14(17)22/h10-12,20H,3-9,16H2,1-2H3,(H2,17,22)(H,18,21)(H,19,23)/t11-,12+/m1/s1. The van der Waals surface area contributed by atoms with Crippen molar-refractivity contribution in [3.63, 3.8) is 0 Å². The highest BCUT2D eigenvalue weighted by Gasteiger charge is 2.24. The minimum absolute atomic E-state index is 0.216. The Kier molecular flexibility index (Phi) is 11.0. The molecule has 0 unspecified atom stereocenters. The highest BCUT2D eigenvalue weighted by molar-refractivity contribution is 5.91. The number of carbonyl (C=O) groups is 3. The van der Waals surface area contributed by atoms with Crippen LogP contribution in [0.4, 0.5) is 0 Å². The van der Waals surface area contributed by atoms with Crippen molar-refractivity contribution in [2.45, 2.75) is 58.0 Å². The summed E-state index contributed by atoms with van der Waals surface area (Å²) in [6, 6.07) is -1.93. The molecule has 0 bridgehead atoms. The molecule has 0 aromatic heterocycles. The largest absolute Gasteiger partial charge is 0.394 e. The maximum absolute atomic E-state index is 12.2. The first-order valence-corrected chi connectivity index (χ1v) is 8.01. The van der Waals surface area contributed by atoms with Crippen molar-refractivity contribution in [3.05, 3.63) is 0 Å². The van der Waals surface area contributed by atoms with Gasteiger partial charge in [-0.15, -0.1) is 0 Å². The first-order chi connectivity index (χ1) is 10.8. The fraction of sp³-hybridized carbons (Fsp3) is 0.800. The van der Waals surface area contributed by atoms with Crippen molar-refractivity contribution in [1.29, 1.82) is 0 Å². The molecule has 0 aliphatic rings. The number of rotatable bonds is 12. The van der Waals surface area contributed by atoms with Crippen LogP contribution in [0.1, 0.15) is 46.0 Å². The van der Waals surface area contributed by atoms with Gasteiger partial charge < -0.3 is 27.2 Å². The highest BCUT2D eigenvalue weighted by atomic mass is 16.3. The van der Waals surface area contributed by atoms with Gasteiger partial charge in [0.05, 0.1) is 6.61 Å². The van der Waals surface area contributed by atoms with Crippen LogP contribution in [0.25, 0.3) is 0 Å². The third kappa shape index (κ3) is 9.85. The monoisotopic (exact) mass is 330 g/mol. The number of amides is 3. The molecule has 0 radical (unpaired) electrons. The van der Waals surface area contributed by atoms with Crippen LogP contribution in [-0.4, -0.2) is 48.1 Å². The maximum atomic E-state index is 12.2. The lowest BCUT2D eigenvalue weighted by molar-refractivity contribution is -0.132. The van der Waals surface area contributed by atoms with Gasteiger partial charge in [0.1, 0.15) is 12.1 Å². The molecule has 0 saturated heterocycles. The molecular formula is C15H30N4O4. The van der Waals surface area contributed by atoms with Crippen molar-refractivity contribution >= 4 is 17.7 Å². The van der Waals surface area contributed by atoms with Crippen molar-refractivity contribution in [1.82, 2.24) is 10.6 Å². The summed E-state index contributed by atoms with van der Waals surface area (Å²) in [5.41, 5.74) is 10.5. The van der Waals surface area contributed by atoms with Gasteiger partial charge in [0.25, 0.3) is 0 Å². The molecule has 0 saturated carbocycles. The first kappa shape index (κ1) is 21.3. The summed E-state index contributed by atoms with van der Waals surface area (Å²) >= 11 is 0. The second-order valence-corrected chi connectivity index (χ2v) is 5.98. The summed E-state index contributed by atoms with van der Waals surface area (Å²) in [7, 11) is 0. The number of nitrogens with two attached hydrogens (primary N) is 2. The molecule has 0 fully saturated rings. The van der Waals surface area contributed by atoms with Crippen molar-refractivity contribution in [2.24, 2.45) is 17.4 Å². The molecule has 2 atom stereocenters. The Balaban J connectivity index is 4.67. The molecule has 8 heteroatoms. The predicted octanol–water partition coefficient (Wildman–Crippen LogP) is -1.00. The minimum Gasteiger partial charge on any atom is -0.394 e. The molecule has 0 rings (SSSR count). The zero-order chi connectivity index (χ0) is 17.8. The van der Waals surface area contributed by atoms with E-state index < -0.39 is 30.5 Å². The number of aliphatic hydroxyl groups is 1. The second kappa shape index (κ2) is 11.8. The van der Waals surface area contributed by atoms with E-state index in [0.717, 1.165) is 12.8 Å². The molecule has 23 heavy (non-hydrogen) atoms. The highest BCUT2D eigenvalue weighted by Crippen LogP contribution is 2.06. The van der Waals surface area contributed by atoms with Crippen LogP contribution in [0.15, 0.2) is 0 Å². The molecule has 0 heterocycles. The van der Waals surface area contributed by atoms with E-state index in [4.69, 9.17) is 16.6 Å². The summed E-state index contributed by atoms with van der Waals surface area (Å²) in [6.07, 6.45) is 2.86. The normalized spacial score (nSPS) is 13.4. The number of carbonyl (C=O) groups excluding carboxylic acids is 3. The van der Waals surface area contributed by atoms with Crippen LogP contribution in [0.2, 0.25) is 0 Å². The summed E-state index contributed by atoms with van der Waals surface area (Å²) < 4.78 is 0. The zero-order valence-electron chi connectivity index (χ0n) is 14.0. The number of aliphatic hydroxyl groups excluding tert-OH is 1. The SMILES string of the molecule is CC(C)CCC(=O)N[C@H](CCCCN)C(=O)N[C@@H](CO)C(N)=O. The van der Waals surface area contributed by atoms with Gasteiger partial charge in [0, 0.05) is 6.42 Å². The lowest BCUT2D eigenvalue weighted by Crippen LogP contribution is -2.54. The maximum Gasteiger partial charge on any atom is 0.243 e. The molecule has 0 aromatic carbocycles. The number of nitrogens with one attached hydrogen (secondary N) is 2. The van der Waals surface area contributed by atoms with Gasteiger partial charge in [-0.3, -0.25) is 14.4 Å². The molecular weight excluding hydrogens is 300 g/mol. The molecule has 0 aliphatic heterocycles. The van der Waals surface area contributed by atoms with Crippen molar-refractivity contribution in [2.75, 3.05) is 13.2 Å². The van der Waals surface area contributed by atoms with Gasteiger partial charge in [-0.05, 0) is 38.1 Å². The molecule has 7 N–H and O–H groups in total. The average molecular weight is 330 g/mol. The number of primary amides is 1. The van der Waals surface area contributed by atoms with Crippen LogP contribution < -0.4 is 22.1 Å². The van der Waals surface area contributed by atoms with Crippen LogP contribution in [0, 0.1) is 5.92 Å². The topological polar surface area (TPSA) is 148 Å². The molecule has 8 nitrogen and oxygen atoms in total. The predicted molar refractivity (Wildman–Crippen MR) is 87.1 cm³/mol. The van der Waals surface area contributed by atoms with E-state index in [1.165, 1.54) is 0 Å². The molecule has 0 aromatic rings. The van der Waals surface area contributed by atoms with Gasteiger partial charge in [-0.2, -0.15) is 0 Å². The van der Waals surface area contributed by atoms with E-state index in [-0.39, 0.29) is 5.91 Å². The Morgan fingerprint density at radius 1 is 1.04 bits per heavy atom. The number of hydrogen-bond acceptors (Lipinski definition) is 5. The number of hydrogen-bond donors (Lipinski definition) is 5. The molecule has 0 aliphatic carbocycles. The fourth-order valence-corrected chi connectivity index (χ4v) is 1.93. The molecule has 3 amide bonds. The van der Waals surface area contributed by atoms with Gasteiger partial charge in [0.2, 0.25) is 17.7 Å². The Morgan fingerprint density at radius 3 is 2.17 bits per heavy atom. The van der Waals surface area contributed by atoms with E-state index >= 15 is 0 Å². The van der Waals surface area contributed by atoms with Crippen LogP contribution in [-0.2, 0) is 14.4 Å². The lowest BCUT2D eigenvalue weighted by atomic mass is 10.1. The van der Waals surface area contributed by atoms with E-state index in [2.05, 4.69) is 10.6 Å². The summed E-state index contributed by atoms with van der Waals surface area (Å²) in [4.78, 5) is 35.2. The van der Waals surface area contributed by atoms with Crippen molar-refractivity contribution in [3.8, 4) is 0 Å². The van der Waals surface area contributed by atoms with Crippen LogP contribution in [0.5, 0.6) is 0 Å². The lowest BCUT2D eigenvalue weighted by Gasteiger charge is -2.21. The third-order valence-electron chi connectivity index (χ3n) is 3.39. The average Bonchev–Trinajstić information content (AvgIpc) is 2.49. The Bertz CT molecular complexity index is 388. The van der Waals surface area contributed by atoms with E-state index in [1.807, 2.05) is 13.8 Å². The molecule has 0 spiro atoms. The van der Waals surface area contributed by atoms with Gasteiger partial charge >= 0.3 is 0 Å². The smallest absolute Gasteiger partial charge is 0.243 e. The van der Waals surface area contributed by atoms with E-state index in [9.17, 15) is 14.4 Å². The second-order valence-electron chi connectivity index (χ2n) is 5.98. The van der Waals surface area contributed by atoms with Crippen molar-refractivity contribution < 1.29 is 19.5 Å². The van der Waals surface area contributed by atoms with E-state index in [0.29, 0.717) is 31.7 Å². The first-order valence-electron chi connectivity index (χ1n) is 8.01. The van der Waals surface area contributed by atoms with Gasteiger partial charge in [0.15, 0.2) is 0 Å². The minimum atomic E-state index is -1.16. The fourth-order valence-electron chi connectivity index (χ4n) is 1.93. The Morgan fingerprint density at radius 2 is 1.70 bits per heavy atom. The Hall–Kier alpha value is -1.67. The van der Waals surface area contributed by atoms with Gasteiger partial charge in [-0.1, -0.05) is 13.8 Å². The zero-order valence-corrected chi connectivity index (χ0v) is 14.0. The Labute approximate surface area is 137 Å². The number of unbranched alkanes of at least 4 members (excludes halogenated alkanes) is 1. The van der Waals surface area contributed by atoms with E-state index in [1.54, 1.807) is 0 Å². The summed E-state index contributed by atoms with van der Waals surface area (Å²) in [6.45, 7) is 3.93. The third-order valence-corrected chi connectivity index (χ3v) is 3.39. The van der Waals surface area contributed by atoms with Gasteiger partial charge in [-0.25, -0.2) is 0 Å². The molecule has 134 valence electrons. The summed E-state index contributed by atoms with van der Waals surface area (Å²) in [5.74, 6) is -1.18. The quantitative estimate of drug-likeness (QED) is 0.291. The van der Waals surface area contributed by atoms with Crippen LogP contribution in [0.3, 0.4) is 0 Å². The van der Waals surface area contributed by atoms with Crippen LogP contribution >= 0.6 is 0 Å².